The Morgan fingerprint density at radius 1 is 1.16 bits per heavy atom. The molecule has 0 radical (unpaired) electrons. The molecule has 0 aliphatic carbocycles. The molecular weight excluding hydrogens is 339 g/mol. The van der Waals surface area contributed by atoms with Gasteiger partial charge in [0.05, 0.1) is 6.54 Å². The molecule has 1 aromatic carbocycles. The molecule has 2 amide bonds. The number of halogens is 1. The highest BCUT2D eigenvalue weighted by Crippen LogP contribution is 2.34. The van der Waals surface area contributed by atoms with Gasteiger partial charge < -0.3 is 15.4 Å². The Labute approximate surface area is 151 Å². The smallest absolute Gasteiger partial charge is 0.315 e. The second-order valence-corrected chi connectivity index (χ2v) is 7.82. The highest BCUT2D eigenvalue weighted by molar-refractivity contribution is 7.11. The first-order valence-corrected chi connectivity index (χ1v) is 9.30. The minimum absolute atomic E-state index is 0.181. The van der Waals surface area contributed by atoms with Crippen molar-refractivity contribution in [1.82, 2.24) is 10.6 Å². The monoisotopic (exact) mass is 362 g/mol. The molecule has 1 aromatic heterocycles. The van der Waals surface area contributed by atoms with Crippen LogP contribution in [0.2, 0.25) is 0 Å². The maximum absolute atomic E-state index is 13.3. The molecule has 0 atom stereocenters. The van der Waals surface area contributed by atoms with Crippen LogP contribution in [0.3, 0.4) is 0 Å². The van der Waals surface area contributed by atoms with E-state index in [1.807, 2.05) is 31.2 Å². The van der Waals surface area contributed by atoms with Gasteiger partial charge in [0.1, 0.15) is 5.82 Å². The first kappa shape index (κ1) is 17.9. The van der Waals surface area contributed by atoms with Gasteiger partial charge >= 0.3 is 6.03 Å². The molecule has 1 aliphatic heterocycles. The minimum Gasteiger partial charge on any atom is -0.381 e. The molecule has 25 heavy (non-hydrogen) atoms. The fourth-order valence-corrected chi connectivity index (χ4v) is 4.02. The maximum Gasteiger partial charge on any atom is 0.315 e. The summed E-state index contributed by atoms with van der Waals surface area (Å²) in [5.74, 6) is -0.247. The number of rotatable bonds is 5. The number of amides is 2. The minimum atomic E-state index is -0.247. The van der Waals surface area contributed by atoms with Gasteiger partial charge in [0.15, 0.2) is 0 Å². The summed E-state index contributed by atoms with van der Waals surface area (Å²) in [6.45, 7) is 4.38. The molecule has 2 aromatic rings. The van der Waals surface area contributed by atoms with E-state index in [0.29, 0.717) is 26.3 Å². The lowest BCUT2D eigenvalue weighted by Crippen LogP contribution is -2.47. The maximum atomic E-state index is 13.3. The van der Waals surface area contributed by atoms with Crippen molar-refractivity contribution in [3.8, 4) is 0 Å². The first-order chi connectivity index (χ1) is 12.1. The van der Waals surface area contributed by atoms with E-state index >= 15 is 0 Å². The largest absolute Gasteiger partial charge is 0.381 e. The summed E-state index contributed by atoms with van der Waals surface area (Å²) in [6, 6.07) is 10.5. The molecule has 1 aliphatic rings. The van der Waals surface area contributed by atoms with E-state index in [2.05, 4.69) is 10.6 Å². The number of ether oxygens (including phenoxy) is 1. The van der Waals surface area contributed by atoms with Gasteiger partial charge in [0.25, 0.3) is 0 Å². The van der Waals surface area contributed by atoms with Crippen molar-refractivity contribution >= 4 is 17.4 Å². The normalized spacial score (nSPS) is 16.4. The Morgan fingerprint density at radius 2 is 1.88 bits per heavy atom. The van der Waals surface area contributed by atoms with Crippen molar-refractivity contribution in [2.75, 3.05) is 19.8 Å². The number of carbonyl (C=O) groups excluding carboxylic acids is 1. The third-order valence-corrected chi connectivity index (χ3v) is 5.71. The van der Waals surface area contributed by atoms with E-state index in [-0.39, 0.29) is 17.3 Å². The van der Waals surface area contributed by atoms with Crippen molar-refractivity contribution in [3.05, 3.63) is 57.5 Å². The van der Waals surface area contributed by atoms with Gasteiger partial charge in [0, 0.05) is 34.9 Å². The molecule has 0 saturated carbocycles. The number of nitrogens with one attached hydrogen (secondary N) is 2. The lowest BCUT2D eigenvalue weighted by molar-refractivity contribution is 0.0506. The predicted octanol–water partition coefficient (Wildman–Crippen LogP) is 3.74. The Kier molecular flexibility index (Phi) is 5.71. The average Bonchev–Trinajstić information content (AvgIpc) is 3.05. The Balaban J connectivity index is 1.60. The van der Waals surface area contributed by atoms with Crippen LogP contribution in [0.4, 0.5) is 9.18 Å². The quantitative estimate of drug-likeness (QED) is 0.851. The number of thiophene rings is 1. The lowest BCUT2D eigenvalue weighted by Gasteiger charge is -2.38. The van der Waals surface area contributed by atoms with Crippen LogP contribution in [0.15, 0.2) is 36.4 Å². The Hall–Kier alpha value is -1.92. The van der Waals surface area contributed by atoms with E-state index in [1.165, 1.54) is 17.0 Å². The summed E-state index contributed by atoms with van der Waals surface area (Å²) < 4.78 is 18.7. The van der Waals surface area contributed by atoms with E-state index in [0.717, 1.165) is 23.3 Å². The molecule has 1 saturated heterocycles. The third kappa shape index (κ3) is 4.58. The highest BCUT2D eigenvalue weighted by atomic mass is 32.1. The molecule has 2 heterocycles. The van der Waals surface area contributed by atoms with E-state index in [4.69, 9.17) is 4.74 Å². The number of hydrogen-bond donors (Lipinski definition) is 2. The average molecular weight is 362 g/mol. The van der Waals surface area contributed by atoms with Crippen molar-refractivity contribution in [3.63, 3.8) is 0 Å². The zero-order chi connectivity index (χ0) is 17.7. The second-order valence-electron chi connectivity index (χ2n) is 6.45. The van der Waals surface area contributed by atoms with Crippen LogP contribution in [-0.4, -0.2) is 25.8 Å². The summed E-state index contributed by atoms with van der Waals surface area (Å²) in [5, 5.41) is 5.89. The van der Waals surface area contributed by atoms with Crippen molar-refractivity contribution in [2.45, 2.75) is 31.7 Å². The molecule has 6 heteroatoms. The molecule has 0 unspecified atom stereocenters. The Bertz CT molecular complexity index is 708. The summed E-state index contributed by atoms with van der Waals surface area (Å²) in [4.78, 5) is 14.5. The second kappa shape index (κ2) is 7.97. The number of hydrogen-bond acceptors (Lipinski definition) is 3. The van der Waals surface area contributed by atoms with Crippen LogP contribution in [-0.2, 0) is 16.7 Å². The number of carbonyl (C=O) groups is 1. The fourth-order valence-electron chi connectivity index (χ4n) is 3.19. The van der Waals surface area contributed by atoms with Gasteiger partial charge in [-0.1, -0.05) is 12.1 Å². The van der Waals surface area contributed by atoms with Crippen molar-refractivity contribution in [1.29, 1.82) is 0 Å². The van der Waals surface area contributed by atoms with Crippen LogP contribution in [0.1, 0.15) is 28.2 Å². The van der Waals surface area contributed by atoms with E-state index in [1.54, 1.807) is 11.3 Å². The van der Waals surface area contributed by atoms with Gasteiger partial charge in [-0.25, -0.2) is 9.18 Å². The molecular formula is C19H23FN2O2S. The number of benzene rings is 1. The van der Waals surface area contributed by atoms with Gasteiger partial charge in [-0.05, 0) is 49.6 Å². The zero-order valence-electron chi connectivity index (χ0n) is 14.3. The highest BCUT2D eigenvalue weighted by Gasteiger charge is 2.34. The molecule has 0 bridgehead atoms. The van der Waals surface area contributed by atoms with Gasteiger partial charge in [0.2, 0.25) is 0 Å². The predicted molar refractivity (Wildman–Crippen MR) is 97.4 cm³/mol. The molecule has 1 fully saturated rings. The van der Waals surface area contributed by atoms with E-state index in [9.17, 15) is 9.18 Å². The van der Waals surface area contributed by atoms with Crippen LogP contribution in [0, 0.1) is 12.7 Å². The SMILES string of the molecule is Cc1ccc(CNC(=O)NCC2(c3ccc(F)cc3)CCOCC2)s1. The molecule has 4 nitrogen and oxygen atoms in total. The summed E-state index contributed by atoms with van der Waals surface area (Å²) in [6.07, 6.45) is 1.62. The molecule has 0 spiro atoms. The lowest BCUT2D eigenvalue weighted by atomic mass is 9.74. The zero-order valence-corrected chi connectivity index (χ0v) is 15.1. The van der Waals surface area contributed by atoms with Gasteiger partial charge in [-0.15, -0.1) is 11.3 Å². The van der Waals surface area contributed by atoms with Gasteiger partial charge in [-0.3, -0.25) is 0 Å². The third-order valence-electron chi connectivity index (χ3n) is 4.71. The summed E-state index contributed by atoms with van der Waals surface area (Å²) >= 11 is 1.68. The van der Waals surface area contributed by atoms with Crippen LogP contribution >= 0.6 is 11.3 Å². The molecule has 2 N–H and O–H groups in total. The number of urea groups is 1. The van der Waals surface area contributed by atoms with Crippen LogP contribution in [0.5, 0.6) is 0 Å². The molecule has 134 valence electrons. The topological polar surface area (TPSA) is 50.4 Å². The van der Waals surface area contributed by atoms with Gasteiger partial charge in [-0.2, -0.15) is 0 Å². The molecule has 3 rings (SSSR count). The van der Waals surface area contributed by atoms with Crippen molar-refractivity contribution in [2.24, 2.45) is 0 Å². The van der Waals surface area contributed by atoms with Crippen LogP contribution in [0.25, 0.3) is 0 Å². The standard InChI is InChI=1S/C19H23FN2O2S/c1-14-2-7-17(25-14)12-21-18(23)22-13-19(8-10-24-11-9-19)15-3-5-16(20)6-4-15/h2-7H,8-13H2,1H3,(H2,21,22,23). The fraction of sp³-hybridized carbons (Fsp3) is 0.421. The summed E-state index contributed by atoms with van der Waals surface area (Å²) in [5.41, 5.74) is 0.842. The Morgan fingerprint density at radius 3 is 2.52 bits per heavy atom. The van der Waals surface area contributed by atoms with E-state index < -0.39 is 0 Å². The summed E-state index contributed by atoms with van der Waals surface area (Å²) in [7, 11) is 0. The number of aryl methyl sites for hydroxylation is 1. The first-order valence-electron chi connectivity index (χ1n) is 8.48. The van der Waals surface area contributed by atoms with Crippen molar-refractivity contribution < 1.29 is 13.9 Å². The van der Waals surface area contributed by atoms with Crippen LogP contribution < -0.4 is 10.6 Å².